The molecule has 0 unspecified atom stereocenters. The summed E-state index contributed by atoms with van der Waals surface area (Å²) in [4.78, 5) is 21.8. The van der Waals surface area contributed by atoms with E-state index in [9.17, 15) is 18.0 Å². The molecule has 0 bridgehead atoms. The van der Waals surface area contributed by atoms with Crippen LogP contribution in [0, 0.1) is 0 Å². The predicted molar refractivity (Wildman–Crippen MR) is 83.3 cm³/mol. The zero-order valence-electron chi connectivity index (χ0n) is 12.3. The maximum atomic E-state index is 11.8. The molecule has 6 nitrogen and oxygen atoms in total. The Balaban J connectivity index is 2.25. The average Bonchev–Trinajstić information content (AvgIpc) is 2.44. The summed E-state index contributed by atoms with van der Waals surface area (Å²) in [6.07, 6.45) is 1.36. The average molecular weight is 327 g/mol. The molecule has 2 N–H and O–H groups in total. The minimum Gasteiger partial charge on any atom is -0.481 e. The summed E-state index contributed by atoms with van der Waals surface area (Å²) in [5.74, 6) is -2.10. The van der Waals surface area contributed by atoms with Gasteiger partial charge in [-0.15, -0.1) is 0 Å². The van der Waals surface area contributed by atoms with Gasteiger partial charge in [0.2, 0.25) is 5.91 Å². The molecule has 0 fully saturated rings. The molecule has 0 saturated heterocycles. The van der Waals surface area contributed by atoms with Gasteiger partial charge in [0.15, 0.2) is 9.84 Å². The number of carbonyl (C=O) groups is 2. The lowest BCUT2D eigenvalue weighted by Crippen LogP contribution is -2.32. The summed E-state index contributed by atoms with van der Waals surface area (Å²) >= 11 is 0. The van der Waals surface area contributed by atoms with Crippen molar-refractivity contribution >= 4 is 21.7 Å². The minimum absolute atomic E-state index is 0.0373. The van der Waals surface area contributed by atoms with Gasteiger partial charge in [0.1, 0.15) is 5.75 Å². The first-order valence-corrected chi connectivity index (χ1v) is 8.94. The number of benzene rings is 1. The first-order valence-electron chi connectivity index (χ1n) is 7.12. The van der Waals surface area contributed by atoms with E-state index < -0.39 is 27.5 Å². The van der Waals surface area contributed by atoms with Crippen LogP contribution in [-0.4, -0.2) is 43.5 Å². The van der Waals surface area contributed by atoms with Crippen LogP contribution in [0.4, 0.5) is 0 Å². The van der Waals surface area contributed by atoms with Crippen molar-refractivity contribution in [3.63, 3.8) is 0 Å². The number of sulfone groups is 1. The molecule has 1 aromatic carbocycles. The molecule has 1 amide bonds. The molecule has 22 heavy (non-hydrogen) atoms. The van der Waals surface area contributed by atoms with Crippen LogP contribution in [0.3, 0.4) is 0 Å². The summed E-state index contributed by atoms with van der Waals surface area (Å²) in [5.41, 5.74) is 1.07. The van der Waals surface area contributed by atoms with Gasteiger partial charge in [-0.3, -0.25) is 9.59 Å². The molecule has 0 atom stereocenters. The number of amides is 1. The zero-order chi connectivity index (χ0) is 16.4. The third kappa shape index (κ3) is 8.41. The van der Waals surface area contributed by atoms with E-state index >= 15 is 0 Å². The Hall–Kier alpha value is -1.89. The number of rotatable bonds is 10. The summed E-state index contributed by atoms with van der Waals surface area (Å²) in [5, 5.41) is 10.9. The molecular weight excluding hydrogens is 306 g/mol. The molecule has 0 saturated carbocycles. The van der Waals surface area contributed by atoms with Gasteiger partial charge in [-0.2, -0.15) is 0 Å². The molecule has 0 spiro atoms. The summed E-state index contributed by atoms with van der Waals surface area (Å²) < 4.78 is 23.6. The highest BCUT2D eigenvalue weighted by Crippen LogP contribution is 2.04. The number of hydrogen-bond donors (Lipinski definition) is 2. The number of nitrogens with one attached hydrogen (secondary N) is 1. The normalized spacial score (nSPS) is 11.1. The quantitative estimate of drug-likeness (QED) is 0.625. The Bertz CT molecular complexity index is 583. The molecule has 1 rings (SSSR count). The van der Waals surface area contributed by atoms with E-state index in [1.54, 1.807) is 0 Å². The predicted octanol–water partition coefficient (Wildman–Crippen LogP) is 1.02. The lowest BCUT2D eigenvalue weighted by atomic mass is 10.1. The standard InChI is InChI=1S/C15H21NO5S/c17-14(16-10-4-9-15(18)19)12-22(20,21)11-5-8-13-6-2-1-3-7-13/h1-3,6-7H,4-5,8-12H2,(H,16,17)(H,18,19). The number of carbonyl (C=O) groups excluding carboxylic acids is 1. The molecule has 1 aromatic rings. The fourth-order valence-electron chi connectivity index (χ4n) is 1.93. The second kappa shape index (κ2) is 9.19. The van der Waals surface area contributed by atoms with Crippen LogP contribution in [0.2, 0.25) is 0 Å². The van der Waals surface area contributed by atoms with Crippen LogP contribution in [0.5, 0.6) is 0 Å². The van der Waals surface area contributed by atoms with Crippen molar-refractivity contribution in [2.24, 2.45) is 0 Å². The topological polar surface area (TPSA) is 101 Å². The first-order chi connectivity index (χ1) is 10.4. The van der Waals surface area contributed by atoms with Gasteiger partial charge in [0, 0.05) is 13.0 Å². The SMILES string of the molecule is O=C(O)CCCNC(=O)CS(=O)(=O)CCCc1ccccc1. The van der Waals surface area contributed by atoms with Crippen molar-refractivity contribution in [1.82, 2.24) is 5.32 Å². The maximum Gasteiger partial charge on any atom is 0.303 e. The molecule has 0 heterocycles. The lowest BCUT2D eigenvalue weighted by molar-refractivity contribution is -0.137. The number of carboxylic acids is 1. The van der Waals surface area contributed by atoms with Crippen LogP contribution in [0.15, 0.2) is 30.3 Å². The van der Waals surface area contributed by atoms with E-state index in [1.807, 2.05) is 30.3 Å². The fraction of sp³-hybridized carbons (Fsp3) is 0.467. The Labute approximate surface area is 130 Å². The van der Waals surface area contributed by atoms with E-state index in [4.69, 9.17) is 5.11 Å². The van der Waals surface area contributed by atoms with Crippen LogP contribution in [-0.2, 0) is 25.8 Å². The van der Waals surface area contributed by atoms with E-state index in [0.717, 1.165) is 5.56 Å². The van der Waals surface area contributed by atoms with Gasteiger partial charge in [-0.05, 0) is 24.8 Å². The Morgan fingerprint density at radius 3 is 2.41 bits per heavy atom. The molecular formula is C15H21NO5S. The molecule has 0 aliphatic carbocycles. The Morgan fingerprint density at radius 1 is 1.09 bits per heavy atom. The molecule has 0 aromatic heterocycles. The van der Waals surface area contributed by atoms with Crippen LogP contribution in [0.25, 0.3) is 0 Å². The smallest absolute Gasteiger partial charge is 0.303 e. The van der Waals surface area contributed by atoms with E-state index in [2.05, 4.69) is 5.32 Å². The van der Waals surface area contributed by atoms with Crippen LogP contribution in [0.1, 0.15) is 24.8 Å². The van der Waals surface area contributed by atoms with Crippen LogP contribution < -0.4 is 5.32 Å². The highest BCUT2D eigenvalue weighted by molar-refractivity contribution is 7.92. The number of aryl methyl sites for hydroxylation is 1. The zero-order valence-corrected chi connectivity index (χ0v) is 13.1. The Morgan fingerprint density at radius 2 is 1.77 bits per heavy atom. The maximum absolute atomic E-state index is 11.8. The monoisotopic (exact) mass is 327 g/mol. The lowest BCUT2D eigenvalue weighted by Gasteiger charge is -2.06. The number of carboxylic acid groups (broad SMARTS) is 1. The second-order valence-electron chi connectivity index (χ2n) is 5.03. The first kappa shape index (κ1) is 18.2. The second-order valence-corrected chi connectivity index (χ2v) is 7.21. The number of hydrogen-bond acceptors (Lipinski definition) is 4. The molecule has 122 valence electrons. The third-order valence-electron chi connectivity index (χ3n) is 3.00. The highest BCUT2D eigenvalue weighted by Gasteiger charge is 2.16. The van der Waals surface area contributed by atoms with Crippen LogP contribution >= 0.6 is 0 Å². The van der Waals surface area contributed by atoms with E-state index in [-0.39, 0.29) is 25.1 Å². The third-order valence-corrected chi connectivity index (χ3v) is 4.62. The highest BCUT2D eigenvalue weighted by atomic mass is 32.2. The molecule has 0 aliphatic heterocycles. The largest absolute Gasteiger partial charge is 0.481 e. The van der Waals surface area contributed by atoms with Crippen molar-refractivity contribution in [3.05, 3.63) is 35.9 Å². The fourth-order valence-corrected chi connectivity index (χ4v) is 3.16. The summed E-state index contributed by atoms with van der Waals surface area (Å²) in [7, 11) is -3.43. The van der Waals surface area contributed by atoms with Crippen molar-refractivity contribution in [1.29, 1.82) is 0 Å². The summed E-state index contributed by atoms with van der Waals surface area (Å²) in [6.45, 7) is 0.171. The van der Waals surface area contributed by atoms with Gasteiger partial charge in [0.25, 0.3) is 0 Å². The van der Waals surface area contributed by atoms with Gasteiger partial charge in [0.05, 0.1) is 5.75 Å². The van der Waals surface area contributed by atoms with Gasteiger partial charge in [-0.25, -0.2) is 8.42 Å². The van der Waals surface area contributed by atoms with Crippen molar-refractivity contribution in [3.8, 4) is 0 Å². The van der Waals surface area contributed by atoms with Crippen molar-refractivity contribution < 1.29 is 23.1 Å². The molecule has 0 radical (unpaired) electrons. The molecule has 0 aliphatic rings. The summed E-state index contributed by atoms with van der Waals surface area (Å²) in [6, 6.07) is 9.56. The number of aliphatic carboxylic acids is 1. The van der Waals surface area contributed by atoms with Crippen molar-refractivity contribution in [2.75, 3.05) is 18.1 Å². The minimum atomic E-state index is -3.43. The molecule has 7 heteroatoms. The van der Waals surface area contributed by atoms with Gasteiger partial charge >= 0.3 is 5.97 Å². The van der Waals surface area contributed by atoms with Crippen molar-refractivity contribution in [2.45, 2.75) is 25.7 Å². The van der Waals surface area contributed by atoms with Gasteiger partial charge in [-0.1, -0.05) is 30.3 Å². The van der Waals surface area contributed by atoms with E-state index in [0.29, 0.717) is 12.8 Å². The Kier molecular flexibility index (Phi) is 7.59. The van der Waals surface area contributed by atoms with E-state index in [1.165, 1.54) is 0 Å². The van der Waals surface area contributed by atoms with Gasteiger partial charge < -0.3 is 10.4 Å².